The third-order valence-electron chi connectivity index (χ3n) is 5.71. The molecule has 174 valence electrons. The molecule has 0 radical (unpaired) electrons. The monoisotopic (exact) mass is 513 g/mol. The lowest BCUT2D eigenvalue weighted by Gasteiger charge is -2.21. The van der Waals surface area contributed by atoms with Crippen molar-refractivity contribution in [2.24, 2.45) is 0 Å². The van der Waals surface area contributed by atoms with Gasteiger partial charge in [0.05, 0.1) is 14.2 Å². The summed E-state index contributed by atoms with van der Waals surface area (Å²) in [6.07, 6.45) is 1.59. The van der Waals surface area contributed by atoms with E-state index < -0.39 is 0 Å². The molecule has 0 fully saturated rings. The highest BCUT2D eigenvalue weighted by Gasteiger charge is 2.15. The Morgan fingerprint density at radius 2 is 1.67 bits per heavy atom. The fraction of sp³-hybridized carbons (Fsp3) is 0.296. The molecule has 0 saturated heterocycles. The standard InChI is InChI=1S/C27H29BrFNO3/c1-18-9-22(29)5-6-25(18)27-13-19(15-28)10-21(17-31)26(27)7-8-30(2)16-20-11-23(32-3)14-24(12-20)33-4/h5-6,9-14,17H,7-8,15-16H2,1-4H3. The maximum absolute atomic E-state index is 13.7. The zero-order valence-electron chi connectivity index (χ0n) is 19.5. The van der Waals surface area contributed by atoms with E-state index in [-0.39, 0.29) is 5.82 Å². The van der Waals surface area contributed by atoms with E-state index in [4.69, 9.17) is 9.47 Å². The number of carbonyl (C=O) groups excluding carboxylic acids is 1. The van der Waals surface area contributed by atoms with Gasteiger partial charge in [0, 0.05) is 30.0 Å². The zero-order valence-corrected chi connectivity index (χ0v) is 21.0. The summed E-state index contributed by atoms with van der Waals surface area (Å²) < 4.78 is 24.5. The van der Waals surface area contributed by atoms with E-state index in [2.05, 4.69) is 26.9 Å². The Bertz CT molecular complexity index is 1110. The number of halogens is 2. The summed E-state index contributed by atoms with van der Waals surface area (Å²) in [7, 11) is 5.32. The predicted molar refractivity (Wildman–Crippen MR) is 134 cm³/mol. The van der Waals surface area contributed by atoms with E-state index in [1.54, 1.807) is 20.3 Å². The Kier molecular flexibility index (Phi) is 8.64. The van der Waals surface area contributed by atoms with Gasteiger partial charge in [-0.05, 0) is 90.2 Å². The molecule has 0 bridgehead atoms. The molecule has 33 heavy (non-hydrogen) atoms. The third-order valence-corrected chi connectivity index (χ3v) is 6.36. The van der Waals surface area contributed by atoms with Crippen molar-refractivity contribution in [2.45, 2.75) is 25.2 Å². The molecule has 0 aliphatic heterocycles. The third kappa shape index (κ3) is 6.21. The van der Waals surface area contributed by atoms with Crippen LogP contribution in [-0.2, 0) is 18.3 Å². The first-order valence-corrected chi connectivity index (χ1v) is 11.8. The van der Waals surface area contributed by atoms with Gasteiger partial charge in [0.1, 0.15) is 23.6 Å². The second kappa shape index (κ2) is 11.4. The molecule has 3 rings (SSSR count). The van der Waals surface area contributed by atoms with Crippen molar-refractivity contribution in [3.63, 3.8) is 0 Å². The van der Waals surface area contributed by atoms with Gasteiger partial charge in [-0.2, -0.15) is 0 Å². The van der Waals surface area contributed by atoms with Crippen LogP contribution in [0.25, 0.3) is 11.1 Å². The molecule has 4 nitrogen and oxygen atoms in total. The minimum Gasteiger partial charge on any atom is -0.497 e. The van der Waals surface area contributed by atoms with Crippen molar-refractivity contribution in [3.05, 3.63) is 82.2 Å². The Morgan fingerprint density at radius 1 is 0.970 bits per heavy atom. The van der Waals surface area contributed by atoms with E-state index in [0.717, 1.165) is 57.7 Å². The van der Waals surface area contributed by atoms with Crippen LogP contribution < -0.4 is 9.47 Å². The molecule has 0 amide bonds. The summed E-state index contributed by atoms with van der Waals surface area (Å²) in [6, 6.07) is 14.6. The van der Waals surface area contributed by atoms with Crippen LogP contribution in [0.1, 0.15) is 32.6 Å². The van der Waals surface area contributed by atoms with Gasteiger partial charge in [-0.3, -0.25) is 4.79 Å². The number of alkyl halides is 1. The van der Waals surface area contributed by atoms with Crippen molar-refractivity contribution in [1.82, 2.24) is 4.90 Å². The number of hydrogen-bond donors (Lipinski definition) is 0. The van der Waals surface area contributed by atoms with Crippen LogP contribution in [0.4, 0.5) is 4.39 Å². The smallest absolute Gasteiger partial charge is 0.150 e. The van der Waals surface area contributed by atoms with Crippen LogP contribution >= 0.6 is 15.9 Å². The van der Waals surface area contributed by atoms with Crippen molar-refractivity contribution in [3.8, 4) is 22.6 Å². The fourth-order valence-electron chi connectivity index (χ4n) is 4.04. The Labute approximate surface area is 203 Å². The average molecular weight is 514 g/mol. The van der Waals surface area contributed by atoms with Crippen molar-refractivity contribution >= 4 is 22.2 Å². The highest BCUT2D eigenvalue weighted by atomic mass is 79.9. The molecule has 0 saturated carbocycles. The van der Waals surface area contributed by atoms with Crippen LogP contribution in [0.5, 0.6) is 11.5 Å². The molecule has 0 unspecified atom stereocenters. The lowest BCUT2D eigenvalue weighted by molar-refractivity contribution is 0.112. The Balaban J connectivity index is 1.89. The summed E-state index contributed by atoms with van der Waals surface area (Å²) in [5.41, 5.74) is 6.49. The first-order chi connectivity index (χ1) is 15.9. The highest BCUT2D eigenvalue weighted by Crippen LogP contribution is 2.32. The first-order valence-electron chi connectivity index (χ1n) is 10.7. The molecule has 6 heteroatoms. The summed E-state index contributed by atoms with van der Waals surface area (Å²) in [5.74, 6) is 1.24. The lowest BCUT2D eigenvalue weighted by atomic mass is 9.89. The minimum atomic E-state index is -0.265. The maximum Gasteiger partial charge on any atom is 0.150 e. The molecule has 3 aromatic rings. The van der Waals surface area contributed by atoms with E-state index >= 15 is 0 Å². The van der Waals surface area contributed by atoms with Crippen LogP contribution in [0, 0.1) is 12.7 Å². The van der Waals surface area contributed by atoms with Crippen LogP contribution in [0.3, 0.4) is 0 Å². The largest absolute Gasteiger partial charge is 0.497 e. The zero-order chi connectivity index (χ0) is 24.0. The Hall–Kier alpha value is -2.70. The minimum absolute atomic E-state index is 0.265. The fourth-order valence-corrected chi connectivity index (χ4v) is 4.36. The summed E-state index contributed by atoms with van der Waals surface area (Å²) >= 11 is 3.50. The molecule has 0 spiro atoms. The van der Waals surface area contributed by atoms with Gasteiger partial charge < -0.3 is 14.4 Å². The number of nitrogens with zero attached hydrogens (tertiary/aromatic N) is 1. The van der Waals surface area contributed by atoms with Gasteiger partial charge in [-0.25, -0.2) is 4.39 Å². The van der Waals surface area contributed by atoms with Crippen LogP contribution in [-0.4, -0.2) is 39.0 Å². The summed E-state index contributed by atoms with van der Waals surface area (Å²) in [4.78, 5) is 14.2. The van der Waals surface area contributed by atoms with Crippen LogP contribution in [0.2, 0.25) is 0 Å². The number of methoxy groups -OCH3 is 2. The number of aldehydes is 1. The SMILES string of the molecule is COc1cc(CN(C)CCc2c(C=O)cc(CBr)cc2-c2ccc(F)cc2C)cc(OC)c1. The quantitative estimate of drug-likeness (QED) is 0.239. The summed E-state index contributed by atoms with van der Waals surface area (Å²) in [6.45, 7) is 3.33. The predicted octanol–water partition coefficient (Wildman–Crippen LogP) is 6.20. The molecular weight excluding hydrogens is 485 g/mol. The lowest BCUT2D eigenvalue weighted by Crippen LogP contribution is -2.21. The first kappa shape index (κ1) is 24.9. The van der Waals surface area contributed by atoms with E-state index in [1.807, 2.05) is 38.2 Å². The number of rotatable bonds is 10. The van der Waals surface area contributed by atoms with E-state index in [1.165, 1.54) is 12.1 Å². The molecule has 0 aliphatic rings. The van der Waals surface area contributed by atoms with Crippen molar-refractivity contribution in [1.29, 1.82) is 0 Å². The normalized spacial score (nSPS) is 11.0. The number of aryl methyl sites for hydroxylation is 1. The summed E-state index contributed by atoms with van der Waals surface area (Å²) in [5, 5.41) is 0.638. The highest BCUT2D eigenvalue weighted by molar-refractivity contribution is 9.08. The van der Waals surface area contributed by atoms with E-state index in [0.29, 0.717) is 23.9 Å². The Morgan fingerprint density at radius 3 is 2.24 bits per heavy atom. The molecule has 0 aromatic heterocycles. The van der Waals surface area contributed by atoms with Crippen molar-refractivity contribution in [2.75, 3.05) is 27.8 Å². The second-order valence-corrected chi connectivity index (χ2v) is 8.69. The number of ether oxygens (including phenoxy) is 2. The number of benzene rings is 3. The second-order valence-electron chi connectivity index (χ2n) is 8.13. The molecule has 0 atom stereocenters. The molecule has 3 aromatic carbocycles. The average Bonchev–Trinajstić information content (AvgIpc) is 2.81. The van der Waals surface area contributed by atoms with Gasteiger partial charge in [0.2, 0.25) is 0 Å². The molecular formula is C27H29BrFNO3. The van der Waals surface area contributed by atoms with Crippen molar-refractivity contribution < 1.29 is 18.7 Å². The van der Waals surface area contributed by atoms with Gasteiger partial charge in [-0.1, -0.05) is 22.0 Å². The molecule has 0 heterocycles. The van der Waals surface area contributed by atoms with Gasteiger partial charge in [-0.15, -0.1) is 0 Å². The number of carbonyl (C=O) groups is 1. The van der Waals surface area contributed by atoms with E-state index in [9.17, 15) is 9.18 Å². The topological polar surface area (TPSA) is 38.8 Å². The molecule has 0 N–H and O–H groups in total. The van der Waals surface area contributed by atoms with Crippen LogP contribution in [0.15, 0.2) is 48.5 Å². The number of likely N-dealkylation sites (N-methyl/N-ethyl adjacent to an activating group) is 1. The van der Waals surface area contributed by atoms with Gasteiger partial charge in [0.25, 0.3) is 0 Å². The number of hydrogen-bond acceptors (Lipinski definition) is 4. The van der Waals surface area contributed by atoms with Gasteiger partial charge >= 0.3 is 0 Å². The van der Waals surface area contributed by atoms with Gasteiger partial charge in [0.15, 0.2) is 0 Å². The maximum atomic E-state index is 13.7. The molecule has 0 aliphatic carbocycles.